The fourth-order valence-corrected chi connectivity index (χ4v) is 2.44. The molecular weight excluding hydrogens is 358 g/mol. The van der Waals surface area contributed by atoms with Crippen LogP contribution < -0.4 is 4.74 Å². The third-order valence-corrected chi connectivity index (χ3v) is 3.89. The average Bonchev–Trinajstić information content (AvgIpc) is 3.18. The molecule has 0 spiro atoms. The number of benzene rings is 2. The molecule has 7 nitrogen and oxygen atoms in total. The van der Waals surface area contributed by atoms with Gasteiger partial charge in [-0.05, 0) is 35.9 Å². The molecule has 0 unspecified atom stereocenters. The molecular formula is C21H19N3O4. The quantitative estimate of drug-likeness (QED) is 0.341. The van der Waals surface area contributed by atoms with Crippen molar-refractivity contribution in [1.29, 1.82) is 0 Å². The minimum atomic E-state index is -0.625. The third kappa shape index (κ3) is 5.38. The first-order valence-corrected chi connectivity index (χ1v) is 8.60. The first kappa shape index (κ1) is 19.0. The second-order valence-corrected chi connectivity index (χ2v) is 5.92. The predicted octanol–water partition coefficient (Wildman–Crippen LogP) is 2.77. The maximum atomic E-state index is 12.0. The molecule has 0 aliphatic carbocycles. The summed E-state index contributed by atoms with van der Waals surface area (Å²) in [6, 6.07) is 16.4. The first-order valence-electron chi connectivity index (χ1n) is 8.60. The Morgan fingerprint density at radius 1 is 1.07 bits per heavy atom. The summed E-state index contributed by atoms with van der Waals surface area (Å²) in [7, 11) is 1.55. The molecule has 142 valence electrons. The Morgan fingerprint density at radius 2 is 1.82 bits per heavy atom. The molecule has 0 amide bonds. The van der Waals surface area contributed by atoms with E-state index in [1.165, 1.54) is 12.2 Å². The summed E-state index contributed by atoms with van der Waals surface area (Å²) in [6.45, 7) is 0.249. The van der Waals surface area contributed by atoms with Gasteiger partial charge < -0.3 is 9.47 Å². The smallest absolute Gasteiger partial charge is 0.331 e. The summed E-state index contributed by atoms with van der Waals surface area (Å²) < 4.78 is 11.7. The third-order valence-electron chi connectivity index (χ3n) is 3.89. The molecule has 28 heavy (non-hydrogen) atoms. The van der Waals surface area contributed by atoms with Crippen LogP contribution in [0.25, 0.3) is 6.08 Å². The first-order chi connectivity index (χ1) is 13.6. The molecule has 0 atom stereocenters. The van der Waals surface area contributed by atoms with E-state index in [2.05, 4.69) is 10.3 Å². The fraction of sp³-hybridized carbons (Fsp3) is 0.143. The van der Waals surface area contributed by atoms with Crippen LogP contribution in [-0.2, 0) is 16.1 Å². The van der Waals surface area contributed by atoms with Gasteiger partial charge in [-0.1, -0.05) is 35.5 Å². The molecule has 3 aromatic rings. The zero-order valence-corrected chi connectivity index (χ0v) is 15.3. The number of esters is 1. The number of hydrogen-bond acceptors (Lipinski definition) is 6. The molecule has 1 aromatic heterocycles. The summed E-state index contributed by atoms with van der Waals surface area (Å²) in [4.78, 5) is 23.8. The minimum Gasteiger partial charge on any atom is -0.497 e. The van der Waals surface area contributed by atoms with Crippen molar-refractivity contribution in [2.45, 2.75) is 6.54 Å². The lowest BCUT2D eigenvalue weighted by molar-refractivity contribution is -0.136. The van der Waals surface area contributed by atoms with Gasteiger partial charge in [0.1, 0.15) is 11.4 Å². The number of rotatable bonds is 8. The van der Waals surface area contributed by atoms with E-state index in [1.54, 1.807) is 42.3 Å². The van der Waals surface area contributed by atoms with Crippen LogP contribution in [0.5, 0.6) is 5.75 Å². The van der Waals surface area contributed by atoms with Crippen molar-refractivity contribution in [1.82, 2.24) is 15.0 Å². The summed E-state index contributed by atoms with van der Waals surface area (Å²) in [5.74, 6) is -0.269. The summed E-state index contributed by atoms with van der Waals surface area (Å²) >= 11 is 0. The topological polar surface area (TPSA) is 83.3 Å². The van der Waals surface area contributed by atoms with Gasteiger partial charge in [0.05, 0.1) is 19.9 Å². The van der Waals surface area contributed by atoms with Crippen LogP contribution in [0.15, 0.2) is 66.9 Å². The largest absolute Gasteiger partial charge is 0.497 e. The van der Waals surface area contributed by atoms with E-state index in [0.717, 1.165) is 5.56 Å². The van der Waals surface area contributed by atoms with E-state index >= 15 is 0 Å². The molecule has 7 heteroatoms. The maximum Gasteiger partial charge on any atom is 0.331 e. The van der Waals surface area contributed by atoms with Crippen LogP contribution in [0.1, 0.15) is 21.6 Å². The fourth-order valence-electron chi connectivity index (χ4n) is 2.44. The minimum absolute atomic E-state index is 0.293. The monoisotopic (exact) mass is 377 g/mol. The van der Waals surface area contributed by atoms with Crippen LogP contribution >= 0.6 is 0 Å². The number of Topliss-reactive ketones (excluding diaryl/α,β-unsaturated/α-hetero) is 1. The lowest BCUT2D eigenvalue weighted by Gasteiger charge is -2.03. The van der Waals surface area contributed by atoms with Crippen molar-refractivity contribution >= 4 is 17.8 Å². The highest BCUT2D eigenvalue weighted by Crippen LogP contribution is 2.12. The molecule has 0 saturated heterocycles. The lowest BCUT2D eigenvalue weighted by atomic mass is 10.1. The number of nitrogens with zero attached hydrogens (tertiary/aromatic N) is 3. The molecule has 0 radical (unpaired) electrons. The van der Waals surface area contributed by atoms with Crippen LogP contribution in [0.4, 0.5) is 0 Å². The van der Waals surface area contributed by atoms with E-state index < -0.39 is 5.97 Å². The molecule has 3 rings (SSSR count). The normalized spacial score (nSPS) is 10.8. The highest BCUT2D eigenvalue weighted by atomic mass is 16.5. The zero-order chi connectivity index (χ0) is 19.8. The average molecular weight is 377 g/mol. The second kappa shape index (κ2) is 9.27. The Balaban J connectivity index is 1.49. The number of methoxy groups -OCH3 is 1. The van der Waals surface area contributed by atoms with Crippen LogP contribution in [0.3, 0.4) is 0 Å². The molecule has 1 heterocycles. The number of hydrogen-bond donors (Lipinski definition) is 0. The van der Waals surface area contributed by atoms with Crippen molar-refractivity contribution in [3.63, 3.8) is 0 Å². The van der Waals surface area contributed by atoms with E-state index in [-0.39, 0.29) is 12.4 Å². The summed E-state index contributed by atoms with van der Waals surface area (Å²) in [5, 5.41) is 8.00. The molecule has 0 bridgehead atoms. The molecule has 0 N–H and O–H groups in total. The Labute approximate surface area is 162 Å². The summed E-state index contributed by atoms with van der Waals surface area (Å²) in [5.41, 5.74) is 2.06. The van der Waals surface area contributed by atoms with Gasteiger partial charge in [0.25, 0.3) is 0 Å². The standard InChI is InChI=1S/C21H19N3O4/c1-27-19-10-7-17(8-11-19)20(25)15-28-21(26)12-9-18-14-24(23-22-18)13-16-5-3-2-4-6-16/h2-12,14H,13,15H2,1H3/b12-9+. The number of carbonyl (C=O) groups is 2. The van der Waals surface area contributed by atoms with Crippen molar-refractivity contribution in [2.24, 2.45) is 0 Å². The Morgan fingerprint density at radius 3 is 2.54 bits per heavy atom. The van der Waals surface area contributed by atoms with E-state index in [0.29, 0.717) is 23.6 Å². The molecule has 0 saturated carbocycles. The summed E-state index contributed by atoms with van der Waals surface area (Å²) in [6.07, 6.45) is 4.44. The second-order valence-electron chi connectivity index (χ2n) is 5.92. The highest BCUT2D eigenvalue weighted by molar-refractivity contribution is 5.98. The molecule has 0 fully saturated rings. The zero-order valence-electron chi connectivity index (χ0n) is 15.3. The van der Waals surface area contributed by atoms with Gasteiger partial charge in [-0.15, -0.1) is 5.10 Å². The van der Waals surface area contributed by atoms with Crippen molar-refractivity contribution in [3.05, 3.63) is 83.7 Å². The van der Waals surface area contributed by atoms with Gasteiger partial charge in [0, 0.05) is 11.6 Å². The van der Waals surface area contributed by atoms with Gasteiger partial charge >= 0.3 is 5.97 Å². The van der Waals surface area contributed by atoms with Crippen LogP contribution in [0, 0.1) is 0 Å². The number of aromatic nitrogens is 3. The molecule has 2 aromatic carbocycles. The lowest BCUT2D eigenvalue weighted by Crippen LogP contribution is -2.12. The van der Waals surface area contributed by atoms with Gasteiger partial charge in [-0.2, -0.15) is 0 Å². The Kier molecular flexibility index (Phi) is 6.30. The van der Waals surface area contributed by atoms with Gasteiger partial charge in [0.2, 0.25) is 0 Å². The predicted molar refractivity (Wildman–Crippen MR) is 103 cm³/mol. The number of ketones is 1. The Bertz CT molecular complexity index is 963. The van der Waals surface area contributed by atoms with Gasteiger partial charge in [-0.3, -0.25) is 4.79 Å². The highest BCUT2D eigenvalue weighted by Gasteiger charge is 2.09. The molecule has 0 aliphatic rings. The van der Waals surface area contributed by atoms with E-state index in [1.807, 2.05) is 30.3 Å². The molecule has 0 aliphatic heterocycles. The SMILES string of the molecule is COc1ccc(C(=O)COC(=O)/C=C/c2cn(Cc3ccccc3)nn2)cc1. The van der Waals surface area contributed by atoms with Crippen LogP contribution in [0.2, 0.25) is 0 Å². The number of carbonyl (C=O) groups excluding carboxylic acids is 2. The van der Waals surface area contributed by atoms with Crippen molar-refractivity contribution in [3.8, 4) is 5.75 Å². The van der Waals surface area contributed by atoms with Crippen LogP contribution in [-0.4, -0.2) is 40.5 Å². The van der Waals surface area contributed by atoms with Gasteiger partial charge in [-0.25, -0.2) is 9.48 Å². The van der Waals surface area contributed by atoms with Crippen molar-refractivity contribution in [2.75, 3.05) is 13.7 Å². The van der Waals surface area contributed by atoms with Crippen molar-refractivity contribution < 1.29 is 19.1 Å². The van der Waals surface area contributed by atoms with E-state index in [4.69, 9.17) is 9.47 Å². The van der Waals surface area contributed by atoms with E-state index in [9.17, 15) is 9.59 Å². The van der Waals surface area contributed by atoms with Gasteiger partial charge in [0.15, 0.2) is 12.4 Å². The number of ether oxygens (including phenoxy) is 2. The maximum absolute atomic E-state index is 12.0. The Hall–Kier alpha value is -3.74.